The topological polar surface area (TPSA) is 94.4 Å². The lowest BCUT2D eigenvalue weighted by Crippen LogP contribution is -2.41. The van der Waals surface area contributed by atoms with Gasteiger partial charge in [-0.2, -0.15) is 0 Å². The molecule has 1 saturated heterocycles. The Morgan fingerprint density at radius 3 is 2.71 bits per heavy atom. The van der Waals surface area contributed by atoms with Gasteiger partial charge in [0.2, 0.25) is 5.91 Å². The van der Waals surface area contributed by atoms with Gasteiger partial charge in [-0.1, -0.05) is 35.5 Å². The zero-order chi connectivity index (χ0) is 22.2. The van der Waals surface area contributed by atoms with Crippen molar-refractivity contribution in [2.45, 2.75) is 55.3 Å². The van der Waals surface area contributed by atoms with E-state index < -0.39 is 15.1 Å². The summed E-state index contributed by atoms with van der Waals surface area (Å²) in [5, 5.41) is 9.40. The maximum Gasteiger partial charge on any atom is 0.235 e. The van der Waals surface area contributed by atoms with Crippen LogP contribution in [0.15, 0.2) is 29.4 Å². The maximum absolute atomic E-state index is 12.9. The van der Waals surface area contributed by atoms with Crippen LogP contribution in [0.2, 0.25) is 5.02 Å². The number of hydrogen-bond donors (Lipinski definition) is 0. The first-order valence-corrected chi connectivity index (χ1v) is 13.3. The Balaban J connectivity index is 1.43. The van der Waals surface area contributed by atoms with E-state index in [-0.39, 0.29) is 30.1 Å². The van der Waals surface area contributed by atoms with Crippen LogP contribution in [0.5, 0.6) is 5.75 Å². The van der Waals surface area contributed by atoms with Crippen molar-refractivity contribution in [1.29, 1.82) is 0 Å². The summed E-state index contributed by atoms with van der Waals surface area (Å²) in [5.74, 6) is 1.35. The van der Waals surface area contributed by atoms with E-state index in [0.717, 1.165) is 12.8 Å². The molecule has 0 N–H and O–H groups in total. The molecule has 0 bridgehead atoms. The van der Waals surface area contributed by atoms with Crippen LogP contribution in [0.1, 0.15) is 38.1 Å². The summed E-state index contributed by atoms with van der Waals surface area (Å²) in [6, 6.07) is 7.31. The minimum Gasteiger partial charge on any atom is -0.484 e. The van der Waals surface area contributed by atoms with Gasteiger partial charge in [0.25, 0.3) is 0 Å². The first-order chi connectivity index (χ1) is 14.7. The van der Waals surface area contributed by atoms with Crippen LogP contribution in [0.3, 0.4) is 0 Å². The van der Waals surface area contributed by atoms with E-state index in [1.807, 2.05) is 23.6 Å². The van der Waals surface area contributed by atoms with Gasteiger partial charge in [0, 0.05) is 19.1 Å². The summed E-state index contributed by atoms with van der Waals surface area (Å²) < 4.78 is 31.4. The molecule has 0 unspecified atom stereocenters. The molecule has 8 nitrogen and oxygen atoms in total. The van der Waals surface area contributed by atoms with Gasteiger partial charge in [0.05, 0.1) is 21.8 Å². The van der Waals surface area contributed by atoms with Crippen molar-refractivity contribution in [3.05, 3.63) is 35.1 Å². The van der Waals surface area contributed by atoms with E-state index in [1.165, 1.54) is 11.8 Å². The normalized spacial score (nSPS) is 21.1. The number of rotatable bonds is 8. The quantitative estimate of drug-likeness (QED) is 0.531. The Hall–Kier alpha value is -1.78. The number of halogens is 1. The average Bonchev–Trinajstić information content (AvgIpc) is 3.40. The number of benzene rings is 1. The second-order valence-corrected chi connectivity index (χ2v) is 11.9. The highest BCUT2D eigenvalue weighted by Crippen LogP contribution is 2.40. The van der Waals surface area contributed by atoms with Gasteiger partial charge in [-0.05, 0) is 38.3 Å². The fourth-order valence-corrected chi connectivity index (χ4v) is 6.65. The smallest absolute Gasteiger partial charge is 0.235 e. The fourth-order valence-electron chi connectivity index (χ4n) is 3.65. The van der Waals surface area contributed by atoms with E-state index in [0.29, 0.717) is 34.2 Å². The van der Waals surface area contributed by atoms with Gasteiger partial charge in [-0.25, -0.2) is 8.42 Å². The third-order valence-electron chi connectivity index (χ3n) is 5.57. The van der Waals surface area contributed by atoms with Crippen LogP contribution >= 0.6 is 23.4 Å². The Labute approximate surface area is 191 Å². The van der Waals surface area contributed by atoms with E-state index in [2.05, 4.69) is 10.2 Å². The van der Waals surface area contributed by atoms with Crippen LogP contribution in [0, 0.1) is 0 Å². The molecule has 168 valence electrons. The minimum absolute atomic E-state index is 0.0361. The van der Waals surface area contributed by atoms with Crippen LogP contribution in [-0.2, 0) is 21.2 Å². The molecule has 0 radical (unpaired) electrons. The Bertz CT molecular complexity index is 1070. The first-order valence-electron chi connectivity index (χ1n) is 10.2. The molecule has 4 rings (SSSR count). The monoisotopic (exact) mass is 484 g/mol. The number of carbonyl (C=O) groups is 1. The van der Waals surface area contributed by atoms with Crippen LogP contribution in [-0.4, -0.2) is 63.8 Å². The summed E-state index contributed by atoms with van der Waals surface area (Å²) in [6.07, 6.45) is 2.56. The number of amides is 1. The highest BCUT2D eigenvalue weighted by atomic mass is 35.5. The lowest BCUT2D eigenvalue weighted by molar-refractivity contribution is -0.130. The van der Waals surface area contributed by atoms with Crippen molar-refractivity contribution in [2.75, 3.05) is 18.6 Å². The van der Waals surface area contributed by atoms with Crippen molar-refractivity contribution >= 4 is 39.1 Å². The predicted molar refractivity (Wildman–Crippen MR) is 119 cm³/mol. The summed E-state index contributed by atoms with van der Waals surface area (Å²) >= 11 is 7.51. The molecule has 1 saturated carbocycles. The molecule has 1 aromatic heterocycles. The molecule has 11 heteroatoms. The van der Waals surface area contributed by atoms with E-state index in [9.17, 15) is 13.2 Å². The SMILES string of the molecule is C[C@H](Sc1nnc(COc2ccccc2Cl)n1C1CC1)C(=O)N(C)[C@H]1CCS(=O)(=O)C1. The Morgan fingerprint density at radius 2 is 2.06 bits per heavy atom. The van der Waals surface area contributed by atoms with Crippen molar-refractivity contribution in [3.63, 3.8) is 0 Å². The van der Waals surface area contributed by atoms with Crippen molar-refractivity contribution in [1.82, 2.24) is 19.7 Å². The second kappa shape index (κ2) is 8.99. The van der Waals surface area contributed by atoms with E-state index in [1.54, 1.807) is 24.1 Å². The van der Waals surface area contributed by atoms with Gasteiger partial charge < -0.3 is 9.64 Å². The third kappa shape index (κ3) is 5.18. The average molecular weight is 485 g/mol. The lowest BCUT2D eigenvalue weighted by Gasteiger charge is -2.26. The molecule has 2 atom stereocenters. The summed E-state index contributed by atoms with van der Waals surface area (Å²) in [7, 11) is -1.37. The van der Waals surface area contributed by atoms with Crippen molar-refractivity contribution < 1.29 is 17.9 Å². The molecular weight excluding hydrogens is 460 g/mol. The van der Waals surface area contributed by atoms with Crippen LogP contribution in [0.25, 0.3) is 0 Å². The summed E-state index contributed by atoms with van der Waals surface area (Å²) in [5.41, 5.74) is 0. The molecule has 1 aromatic carbocycles. The Kier molecular flexibility index (Phi) is 6.50. The van der Waals surface area contributed by atoms with Gasteiger partial charge in [-0.3, -0.25) is 9.36 Å². The van der Waals surface area contributed by atoms with E-state index in [4.69, 9.17) is 16.3 Å². The van der Waals surface area contributed by atoms with Gasteiger partial charge in [0.1, 0.15) is 12.4 Å². The van der Waals surface area contributed by atoms with Crippen molar-refractivity contribution in [2.24, 2.45) is 0 Å². The summed E-state index contributed by atoms with van der Waals surface area (Å²) in [4.78, 5) is 14.5. The molecule has 31 heavy (non-hydrogen) atoms. The molecule has 1 aliphatic carbocycles. The number of aromatic nitrogens is 3. The second-order valence-electron chi connectivity index (χ2n) is 7.99. The molecular formula is C20H25ClN4O4S2. The lowest BCUT2D eigenvalue weighted by atomic mass is 10.2. The van der Waals surface area contributed by atoms with Gasteiger partial charge >= 0.3 is 0 Å². The van der Waals surface area contributed by atoms with Crippen molar-refractivity contribution in [3.8, 4) is 5.75 Å². The first kappa shape index (κ1) is 22.4. The highest BCUT2D eigenvalue weighted by Gasteiger charge is 2.36. The standard InChI is InChI=1S/C20H25ClN4O4S2/c1-13(19(26)24(2)15-9-10-31(27,28)12-15)30-20-23-22-18(25(20)14-7-8-14)11-29-17-6-4-3-5-16(17)21/h3-6,13-15H,7-12H2,1-2H3/t13-,15-/m0/s1. The number of hydrogen-bond acceptors (Lipinski definition) is 7. The summed E-state index contributed by atoms with van der Waals surface area (Å²) in [6.45, 7) is 2.05. The number of nitrogens with zero attached hydrogens (tertiary/aromatic N) is 4. The van der Waals surface area contributed by atoms with Gasteiger partial charge in [-0.15, -0.1) is 10.2 Å². The maximum atomic E-state index is 12.9. The molecule has 2 heterocycles. The number of para-hydroxylation sites is 1. The fraction of sp³-hybridized carbons (Fsp3) is 0.550. The van der Waals surface area contributed by atoms with Crippen LogP contribution in [0.4, 0.5) is 0 Å². The van der Waals surface area contributed by atoms with Crippen LogP contribution < -0.4 is 4.74 Å². The number of carbonyl (C=O) groups excluding carboxylic acids is 1. The largest absolute Gasteiger partial charge is 0.484 e. The molecule has 1 aliphatic heterocycles. The number of ether oxygens (including phenoxy) is 1. The molecule has 2 aliphatic rings. The number of thioether (sulfide) groups is 1. The Morgan fingerprint density at radius 1 is 1.32 bits per heavy atom. The number of sulfone groups is 1. The highest BCUT2D eigenvalue weighted by molar-refractivity contribution is 8.00. The van der Waals surface area contributed by atoms with Gasteiger partial charge in [0.15, 0.2) is 20.8 Å². The zero-order valence-electron chi connectivity index (χ0n) is 17.4. The molecule has 2 fully saturated rings. The van der Waals surface area contributed by atoms with E-state index >= 15 is 0 Å². The third-order valence-corrected chi connectivity index (χ3v) is 8.68. The zero-order valence-corrected chi connectivity index (χ0v) is 19.8. The molecule has 2 aromatic rings. The molecule has 0 spiro atoms. The molecule has 1 amide bonds. The minimum atomic E-state index is -3.05. The predicted octanol–water partition coefficient (Wildman–Crippen LogP) is 2.97.